The molecule has 0 aliphatic heterocycles. The highest BCUT2D eigenvalue weighted by Crippen LogP contribution is 2.26. The first-order chi connectivity index (χ1) is 12.9. The molecule has 1 aromatic rings. The first-order valence-electron chi connectivity index (χ1n) is 10.6. The van der Waals surface area contributed by atoms with Gasteiger partial charge in [0.2, 0.25) is 0 Å². The third-order valence-corrected chi connectivity index (χ3v) is 5.69. The molecule has 5 heteroatoms. The highest BCUT2D eigenvalue weighted by Gasteiger charge is 2.18. The molecular weight excluding hydrogens is 360 g/mol. The number of aryl methyl sites for hydroxylation is 2. The maximum atomic E-state index is 11.3. The average molecular weight is 399 g/mol. The van der Waals surface area contributed by atoms with Gasteiger partial charge in [-0.2, -0.15) is 8.42 Å². The number of rotatable bonds is 15. The Hall–Kier alpha value is -1.07. The van der Waals surface area contributed by atoms with Crippen molar-refractivity contribution in [1.82, 2.24) is 0 Å². The van der Waals surface area contributed by atoms with E-state index < -0.39 is 16.2 Å². The molecule has 1 atom stereocenters. The molecule has 1 aromatic carbocycles. The summed E-state index contributed by atoms with van der Waals surface area (Å²) in [5.74, 6) is 0.425. The van der Waals surface area contributed by atoms with Gasteiger partial charge in [0.1, 0.15) is 17.6 Å². The standard InChI is InChI=1S/C22H38O4S/c1-4-7-9-11-13-19-15-16-20(14-12-10-8-5-2)22(17-19)26-21(6-3)18-27(23,24)25/h15-17,21H,4-14,18H2,1-3H3,(H,23,24,25). The topological polar surface area (TPSA) is 63.6 Å². The summed E-state index contributed by atoms with van der Waals surface area (Å²) in [7, 11) is -4.05. The van der Waals surface area contributed by atoms with Gasteiger partial charge in [0.25, 0.3) is 10.1 Å². The minimum Gasteiger partial charge on any atom is -0.489 e. The Labute approximate surface area is 166 Å². The fraction of sp³-hybridized carbons (Fsp3) is 0.727. The summed E-state index contributed by atoms with van der Waals surface area (Å²) in [5, 5.41) is 0. The minimum absolute atomic E-state index is 0.362. The van der Waals surface area contributed by atoms with Crippen LogP contribution in [-0.2, 0) is 23.0 Å². The van der Waals surface area contributed by atoms with E-state index in [1.54, 1.807) is 0 Å². The number of hydrogen-bond donors (Lipinski definition) is 1. The summed E-state index contributed by atoms with van der Waals surface area (Å²) in [6.07, 6.45) is 11.6. The molecule has 0 aromatic heterocycles. The van der Waals surface area contributed by atoms with Crippen LogP contribution in [0.5, 0.6) is 5.75 Å². The summed E-state index contributed by atoms with van der Waals surface area (Å²) >= 11 is 0. The second-order valence-electron chi connectivity index (χ2n) is 7.46. The van der Waals surface area contributed by atoms with E-state index >= 15 is 0 Å². The molecule has 0 fully saturated rings. The van der Waals surface area contributed by atoms with Crippen LogP contribution in [0.4, 0.5) is 0 Å². The summed E-state index contributed by atoms with van der Waals surface area (Å²) < 4.78 is 37.8. The highest BCUT2D eigenvalue weighted by atomic mass is 32.2. The van der Waals surface area contributed by atoms with Gasteiger partial charge in [-0.15, -0.1) is 0 Å². The molecule has 0 saturated heterocycles. The molecule has 0 saturated carbocycles. The van der Waals surface area contributed by atoms with Gasteiger partial charge < -0.3 is 4.74 Å². The Morgan fingerprint density at radius 3 is 2.11 bits per heavy atom. The second kappa shape index (κ2) is 13.2. The summed E-state index contributed by atoms with van der Waals surface area (Å²) in [6.45, 7) is 6.29. The van der Waals surface area contributed by atoms with Crippen LogP contribution in [0.1, 0.15) is 89.7 Å². The van der Waals surface area contributed by atoms with Crippen LogP contribution in [0.15, 0.2) is 18.2 Å². The summed E-state index contributed by atoms with van der Waals surface area (Å²) in [4.78, 5) is 0. The predicted molar refractivity (Wildman–Crippen MR) is 113 cm³/mol. The Balaban J connectivity index is 2.87. The zero-order chi connectivity index (χ0) is 20.1. The van der Waals surface area contributed by atoms with Gasteiger partial charge >= 0.3 is 0 Å². The monoisotopic (exact) mass is 398 g/mol. The molecule has 156 valence electrons. The van der Waals surface area contributed by atoms with Crippen molar-refractivity contribution in [2.24, 2.45) is 0 Å². The number of ether oxygens (including phenoxy) is 1. The molecule has 0 aliphatic carbocycles. The molecule has 0 spiro atoms. The van der Waals surface area contributed by atoms with Crippen molar-refractivity contribution < 1.29 is 17.7 Å². The van der Waals surface area contributed by atoms with Gasteiger partial charge in [0, 0.05) is 0 Å². The average Bonchev–Trinajstić information content (AvgIpc) is 2.62. The maximum Gasteiger partial charge on any atom is 0.268 e. The molecule has 0 bridgehead atoms. The van der Waals surface area contributed by atoms with Gasteiger partial charge in [-0.1, -0.05) is 71.4 Å². The van der Waals surface area contributed by atoms with Crippen LogP contribution in [0.25, 0.3) is 0 Å². The zero-order valence-corrected chi connectivity index (χ0v) is 18.2. The van der Waals surface area contributed by atoms with Crippen LogP contribution in [0.2, 0.25) is 0 Å². The second-order valence-corrected chi connectivity index (χ2v) is 8.96. The normalized spacial score (nSPS) is 12.9. The lowest BCUT2D eigenvalue weighted by Gasteiger charge is -2.20. The van der Waals surface area contributed by atoms with Crippen molar-refractivity contribution in [3.05, 3.63) is 29.3 Å². The van der Waals surface area contributed by atoms with E-state index in [2.05, 4.69) is 32.0 Å². The largest absolute Gasteiger partial charge is 0.489 e. The lowest BCUT2D eigenvalue weighted by atomic mass is 10.0. The van der Waals surface area contributed by atoms with Crippen molar-refractivity contribution in [3.8, 4) is 5.75 Å². The van der Waals surface area contributed by atoms with Crippen LogP contribution in [-0.4, -0.2) is 24.8 Å². The minimum atomic E-state index is -4.05. The maximum absolute atomic E-state index is 11.3. The van der Waals surface area contributed by atoms with Crippen molar-refractivity contribution in [2.75, 3.05) is 5.75 Å². The molecule has 0 aliphatic rings. The van der Waals surface area contributed by atoms with Crippen molar-refractivity contribution >= 4 is 10.1 Å². The molecule has 4 nitrogen and oxygen atoms in total. The number of unbranched alkanes of at least 4 members (excludes halogenated alkanes) is 6. The fourth-order valence-electron chi connectivity index (χ4n) is 3.22. The molecule has 1 rings (SSSR count). The van der Waals surface area contributed by atoms with Crippen LogP contribution in [0.3, 0.4) is 0 Å². The SMILES string of the molecule is CCCCCCc1ccc(CCCCCC)c(OC(CC)CS(=O)(=O)O)c1. The number of hydrogen-bond acceptors (Lipinski definition) is 3. The predicted octanol–water partition coefficient (Wildman–Crippen LogP) is 5.98. The molecule has 0 heterocycles. The zero-order valence-electron chi connectivity index (χ0n) is 17.4. The molecular formula is C22H38O4S. The van der Waals surface area contributed by atoms with E-state index in [4.69, 9.17) is 4.74 Å². The van der Waals surface area contributed by atoms with Gasteiger partial charge in [0.15, 0.2) is 0 Å². The smallest absolute Gasteiger partial charge is 0.268 e. The highest BCUT2D eigenvalue weighted by molar-refractivity contribution is 7.85. The lowest BCUT2D eigenvalue weighted by molar-refractivity contribution is 0.214. The van der Waals surface area contributed by atoms with E-state index in [-0.39, 0.29) is 5.75 Å². The van der Waals surface area contributed by atoms with Crippen LogP contribution in [0, 0.1) is 0 Å². The Bertz CT molecular complexity index is 625. The van der Waals surface area contributed by atoms with Gasteiger partial charge in [-0.3, -0.25) is 4.55 Å². The van der Waals surface area contributed by atoms with Gasteiger partial charge in [-0.25, -0.2) is 0 Å². The van der Waals surface area contributed by atoms with Crippen molar-refractivity contribution in [1.29, 1.82) is 0 Å². The van der Waals surface area contributed by atoms with E-state index in [0.717, 1.165) is 37.0 Å². The summed E-state index contributed by atoms with van der Waals surface area (Å²) in [6, 6.07) is 6.39. The van der Waals surface area contributed by atoms with Crippen LogP contribution >= 0.6 is 0 Å². The van der Waals surface area contributed by atoms with Gasteiger partial charge in [0.05, 0.1) is 0 Å². The third kappa shape index (κ3) is 10.7. The first kappa shape index (κ1) is 24.0. The number of benzene rings is 1. The van der Waals surface area contributed by atoms with E-state index in [0.29, 0.717) is 6.42 Å². The van der Waals surface area contributed by atoms with E-state index in [9.17, 15) is 13.0 Å². The summed E-state index contributed by atoms with van der Waals surface area (Å²) in [5.41, 5.74) is 2.37. The first-order valence-corrected chi connectivity index (χ1v) is 12.2. The van der Waals surface area contributed by atoms with Crippen molar-refractivity contribution in [3.63, 3.8) is 0 Å². The van der Waals surface area contributed by atoms with Crippen LogP contribution < -0.4 is 4.74 Å². The lowest BCUT2D eigenvalue weighted by Crippen LogP contribution is -2.26. The molecule has 1 N–H and O–H groups in total. The third-order valence-electron chi connectivity index (χ3n) is 4.90. The van der Waals surface area contributed by atoms with Crippen molar-refractivity contribution in [2.45, 2.75) is 97.5 Å². The molecule has 0 radical (unpaired) electrons. The van der Waals surface area contributed by atoms with E-state index in [1.807, 2.05) is 6.92 Å². The van der Waals surface area contributed by atoms with E-state index in [1.165, 1.54) is 44.1 Å². The Morgan fingerprint density at radius 1 is 0.926 bits per heavy atom. The Morgan fingerprint density at radius 2 is 1.56 bits per heavy atom. The molecule has 0 amide bonds. The van der Waals surface area contributed by atoms with Gasteiger partial charge in [-0.05, 0) is 49.3 Å². The quantitative estimate of drug-likeness (QED) is 0.292. The fourth-order valence-corrected chi connectivity index (χ4v) is 3.99. The Kier molecular flexibility index (Phi) is 11.7. The molecule has 1 unspecified atom stereocenters. The molecule has 27 heavy (non-hydrogen) atoms.